The van der Waals surface area contributed by atoms with Crippen LogP contribution in [0.4, 0.5) is 14.4 Å². The summed E-state index contributed by atoms with van der Waals surface area (Å²) in [6, 6.07) is 7.37. The Morgan fingerprint density at radius 1 is 1.04 bits per heavy atom. The van der Waals surface area contributed by atoms with Crippen LogP contribution in [0.3, 0.4) is 0 Å². The summed E-state index contributed by atoms with van der Waals surface area (Å²) >= 11 is 2.50. The quantitative estimate of drug-likeness (QED) is 0.338. The lowest BCUT2D eigenvalue weighted by Gasteiger charge is -2.23. The molecule has 140 valence electrons. The minimum absolute atomic E-state index is 0.0486. The lowest BCUT2D eigenvalue weighted by Crippen LogP contribution is -2.40. The number of fused-ring (bicyclic) bond motifs is 1. The molecular weight excluding hydrogens is 390 g/mol. The maximum atomic E-state index is 10.9. The van der Waals surface area contributed by atoms with Gasteiger partial charge in [-0.25, -0.2) is 19.4 Å². The number of hydrogen-bond donors (Lipinski definition) is 3. The standard InChI is InChI=1S/C14H13NO9S2/c16-12(17)22-5-8(23-13(18)19)9(24-14(20)21)6-25-11-15-7-3-1-2-4-10(7)26-11/h1-4,8-9H,5-6H2,(H,16,17)(H,18,19)(H,20,21). The molecular formula is C14H13NO9S2. The molecule has 2 aromatic rings. The van der Waals surface area contributed by atoms with Gasteiger partial charge in [-0.1, -0.05) is 23.9 Å². The number of rotatable bonds is 8. The summed E-state index contributed by atoms with van der Waals surface area (Å²) < 4.78 is 15.0. The molecule has 3 N–H and O–H groups in total. The topological polar surface area (TPSA) is 152 Å². The Hall–Kier alpha value is -2.73. The minimum Gasteiger partial charge on any atom is -0.450 e. The van der Waals surface area contributed by atoms with E-state index in [1.54, 1.807) is 0 Å². The fourth-order valence-electron chi connectivity index (χ4n) is 1.91. The van der Waals surface area contributed by atoms with E-state index in [1.165, 1.54) is 11.3 Å². The first-order valence-corrected chi connectivity index (χ1v) is 8.78. The van der Waals surface area contributed by atoms with E-state index in [0.717, 1.165) is 22.0 Å². The molecule has 0 fully saturated rings. The number of thiazole rings is 1. The highest BCUT2D eigenvalue weighted by Gasteiger charge is 2.31. The number of thioether (sulfide) groups is 1. The molecule has 2 unspecified atom stereocenters. The molecule has 0 aliphatic heterocycles. The predicted molar refractivity (Wildman–Crippen MR) is 90.1 cm³/mol. The van der Waals surface area contributed by atoms with Crippen molar-refractivity contribution < 1.29 is 43.9 Å². The van der Waals surface area contributed by atoms with E-state index in [4.69, 9.17) is 15.3 Å². The molecule has 12 heteroatoms. The highest BCUT2D eigenvalue weighted by Crippen LogP contribution is 2.30. The Balaban J connectivity index is 2.10. The molecule has 0 bridgehead atoms. The number of carbonyl (C=O) groups is 3. The lowest BCUT2D eigenvalue weighted by atomic mass is 10.2. The van der Waals surface area contributed by atoms with E-state index in [9.17, 15) is 14.4 Å². The van der Waals surface area contributed by atoms with Gasteiger partial charge < -0.3 is 29.5 Å². The van der Waals surface area contributed by atoms with E-state index in [2.05, 4.69) is 19.2 Å². The molecule has 26 heavy (non-hydrogen) atoms. The Morgan fingerprint density at radius 2 is 1.69 bits per heavy atom. The Kier molecular flexibility index (Phi) is 6.86. The van der Waals surface area contributed by atoms with E-state index < -0.39 is 37.3 Å². The number of hydrogen-bond acceptors (Lipinski definition) is 9. The Bertz CT molecular complexity index is 761. The number of aromatic nitrogens is 1. The van der Waals surface area contributed by atoms with Crippen molar-refractivity contribution in [2.75, 3.05) is 12.4 Å². The second kappa shape index (κ2) is 9.10. The zero-order chi connectivity index (χ0) is 19.1. The van der Waals surface area contributed by atoms with Gasteiger partial charge in [-0.2, -0.15) is 0 Å². The van der Waals surface area contributed by atoms with E-state index >= 15 is 0 Å². The van der Waals surface area contributed by atoms with E-state index in [1.807, 2.05) is 24.3 Å². The molecule has 1 heterocycles. The number of ether oxygens (including phenoxy) is 3. The molecule has 1 aromatic heterocycles. The van der Waals surface area contributed by atoms with Crippen molar-refractivity contribution in [3.63, 3.8) is 0 Å². The maximum Gasteiger partial charge on any atom is 0.506 e. The second-order valence-corrected chi connectivity index (χ2v) is 6.98. The van der Waals surface area contributed by atoms with Crippen molar-refractivity contribution in [3.05, 3.63) is 24.3 Å². The summed E-state index contributed by atoms with van der Waals surface area (Å²) in [5.41, 5.74) is 0.767. The monoisotopic (exact) mass is 403 g/mol. The highest BCUT2D eigenvalue weighted by molar-refractivity contribution is 8.01. The molecule has 10 nitrogen and oxygen atoms in total. The van der Waals surface area contributed by atoms with Crippen molar-refractivity contribution in [3.8, 4) is 0 Å². The second-order valence-electron chi connectivity index (χ2n) is 4.68. The third-order valence-electron chi connectivity index (χ3n) is 2.94. The molecule has 0 spiro atoms. The molecule has 0 amide bonds. The van der Waals surface area contributed by atoms with Gasteiger partial charge in [-0.3, -0.25) is 0 Å². The van der Waals surface area contributed by atoms with Gasteiger partial charge in [0, 0.05) is 5.75 Å². The Morgan fingerprint density at radius 3 is 2.31 bits per heavy atom. The first-order valence-electron chi connectivity index (χ1n) is 6.98. The number of nitrogens with zero attached hydrogens (tertiary/aromatic N) is 1. The van der Waals surface area contributed by atoms with Crippen LogP contribution in [0, 0.1) is 0 Å². The maximum absolute atomic E-state index is 10.9. The van der Waals surface area contributed by atoms with Crippen LogP contribution in [-0.2, 0) is 14.2 Å². The van der Waals surface area contributed by atoms with Gasteiger partial charge in [0.1, 0.15) is 6.61 Å². The van der Waals surface area contributed by atoms with E-state index in [-0.39, 0.29) is 5.75 Å². The van der Waals surface area contributed by atoms with Gasteiger partial charge in [0.2, 0.25) is 0 Å². The van der Waals surface area contributed by atoms with Crippen LogP contribution in [0.25, 0.3) is 10.2 Å². The third kappa shape index (κ3) is 5.97. The molecule has 0 aliphatic rings. The van der Waals surface area contributed by atoms with Gasteiger partial charge in [0.15, 0.2) is 16.5 Å². The number of para-hydroxylation sites is 1. The molecule has 1 aromatic carbocycles. The average molecular weight is 403 g/mol. The fourth-order valence-corrected chi connectivity index (χ4v) is 4.07. The van der Waals surface area contributed by atoms with Crippen molar-refractivity contribution in [2.24, 2.45) is 0 Å². The molecule has 2 rings (SSSR count). The van der Waals surface area contributed by atoms with Crippen LogP contribution in [0.15, 0.2) is 28.6 Å². The van der Waals surface area contributed by atoms with Crippen LogP contribution < -0.4 is 0 Å². The molecule has 2 atom stereocenters. The van der Waals surface area contributed by atoms with Crippen LogP contribution in [0.5, 0.6) is 0 Å². The van der Waals surface area contributed by atoms with Crippen molar-refractivity contribution in [1.29, 1.82) is 0 Å². The summed E-state index contributed by atoms with van der Waals surface area (Å²) in [7, 11) is 0. The number of benzene rings is 1. The van der Waals surface area contributed by atoms with Crippen LogP contribution in [0.2, 0.25) is 0 Å². The average Bonchev–Trinajstić information content (AvgIpc) is 2.97. The summed E-state index contributed by atoms with van der Waals surface area (Å²) in [6.07, 6.45) is -7.78. The van der Waals surface area contributed by atoms with E-state index in [0.29, 0.717) is 4.34 Å². The zero-order valence-electron chi connectivity index (χ0n) is 12.9. The smallest absolute Gasteiger partial charge is 0.450 e. The molecule has 0 radical (unpaired) electrons. The molecule has 0 saturated carbocycles. The zero-order valence-corrected chi connectivity index (χ0v) is 14.6. The first-order chi connectivity index (χ1) is 12.3. The van der Waals surface area contributed by atoms with Crippen molar-refractivity contribution in [1.82, 2.24) is 4.98 Å². The van der Waals surface area contributed by atoms with Gasteiger partial charge in [-0.05, 0) is 12.1 Å². The fraction of sp³-hybridized carbons (Fsp3) is 0.286. The normalized spacial score (nSPS) is 12.9. The predicted octanol–water partition coefficient (Wildman–Crippen LogP) is 3.21. The summed E-state index contributed by atoms with van der Waals surface area (Å²) in [5, 5.41) is 26.2. The number of carboxylic acid groups (broad SMARTS) is 3. The molecule has 0 saturated heterocycles. The summed E-state index contributed by atoms with van der Waals surface area (Å²) in [4.78, 5) is 36.5. The minimum atomic E-state index is -1.71. The summed E-state index contributed by atoms with van der Waals surface area (Å²) in [6.45, 7) is -0.708. The van der Waals surface area contributed by atoms with Crippen LogP contribution in [-0.4, -0.2) is 63.3 Å². The SMILES string of the molecule is O=C(O)OCC(OC(=O)O)C(CSc1nc2ccccc2s1)OC(=O)O. The molecule has 0 aliphatic carbocycles. The largest absolute Gasteiger partial charge is 0.506 e. The van der Waals surface area contributed by atoms with Gasteiger partial charge >= 0.3 is 18.5 Å². The summed E-state index contributed by atoms with van der Waals surface area (Å²) in [5.74, 6) is -0.0486. The van der Waals surface area contributed by atoms with Crippen LogP contribution >= 0.6 is 23.1 Å². The van der Waals surface area contributed by atoms with Crippen LogP contribution in [0.1, 0.15) is 0 Å². The highest BCUT2D eigenvalue weighted by atomic mass is 32.2. The van der Waals surface area contributed by atoms with Crippen molar-refractivity contribution >= 4 is 51.8 Å². The third-order valence-corrected chi connectivity index (χ3v) is 5.20. The van der Waals surface area contributed by atoms with Crippen molar-refractivity contribution in [2.45, 2.75) is 16.5 Å². The lowest BCUT2D eigenvalue weighted by molar-refractivity contribution is -0.0576. The van der Waals surface area contributed by atoms with Gasteiger partial charge in [-0.15, -0.1) is 11.3 Å². The first kappa shape index (κ1) is 19.6. The van der Waals surface area contributed by atoms with Gasteiger partial charge in [0.25, 0.3) is 0 Å². The Labute approximate surface area is 154 Å². The van der Waals surface area contributed by atoms with Gasteiger partial charge in [0.05, 0.1) is 10.2 Å².